The molecular formula is C15H32N2. The Hall–Kier alpha value is -0.0800. The van der Waals surface area contributed by atoms with Crippen molar-refractivity contribution in [3.63, 3.8) is 0 Å². The number of nitrogens with one attached hydrogen (secondary N) is 1. The number of nitrogens with zero attached hydrogens (tertiary/aromatic N) is 1. The van der Waals surface area contributed by atoms with Gasteiger partial charge in [-0.3, -0.25) is 0 Å². The quantitative estimate of drug-likeness (QED) is 0.735. The minimum Gasteiger partial charge on any atom is -0.315 e. The van der Waals surface area contributed by atoms with E-state index in [-0.39, 0.29) is 0 Å². The summed E-state index contributed by atoms with van der Waals surface area (Å²) in [6, 6.07) is 0. The molecule has 0 radical (unpaired) electrons. The maximum absolute atomic E-state index is 3.71. The summed E-state index contributed by atoms with van der Waals surface area (Å²) in [6.07, 6.45) is 6.88. The zero-order chi connectivity index (χ0) is 12.9. The van der Waals surface area contributed by atoms with Gasteiger partial charge < -0.3 is 10.2 Å². The van der Waals surface area contributed by atoms with Crippen LogP contribution in [0.3, 0.4) is 0 Å². The number of hydrogen-bond donors (Lipinski definition) is 1. The first-order chi connectivity index (χ1) is 7.96. The van der Waals surface area contributed by atoms with E-state index in [9.17, 15) is 0 Å². The first-order valence-corrected chi connectivity index (χ1v) is 7.34. The highest BCUT2D eigenvalue weighted by atomic mass is 15.2. The summed E-state index contributed by atoms with van der Waals surface area (Å²) in [5, 5.41) is 3.71. The lowest BCUT2D eigenvalue weighted by atomic mass is 9.95. The molecule has 0 heterocycles. The lowest BCUT2D eigenvalue weighted by Gasteiger charge is -2.37. The lowest BCUT2D eigenvalue weighted by molar-refractivity contribution is 0.152. The van der Waals surface area contributed by atoms with Crippen LogP contribution >= 0.6 is 0 Å². The van der Waals surface area contributed by atoms with E-state index in [1.165, 1.54) is 45.2 Å². The molecule has 1 rings (SSSR count). The lowest BCUT2D eigenvalue weighted by Crippen LogP contribution is -2.50. The maximum Gasteiger partial charge on any atom is 0.0327 e. The fourth-order valence-electron chi connectivity index (χ4n) is 3.25. The van der Waals surface area contributed by atoms with Gasteiger partial charge in [-0.1, -0.05) is 33.6 Å². The number of rotatable bonds is 7. The second-order valence-electron chi connectivity index (χ2n) is 6.69. The van der Waals surface area contributed by atoms with E-state index in [4.69, 9.17) is 0 Å². The smallest absolute Gasteiger partial charge is 0.0327 e. The summed E-state index contributed by atoms with van der Waals surface area (Å²) >= 11 is 0. The molecule has 17 heavy (non-hydrogen) atoms. The molecule has 0 aromatic rings. The molecule has 1 aliphatic carbocycles. The molecule has 0 saturated heterocycles. The van der Waals surface area contributed by atoms with Crippen LogP contribution in [0, 0.1) is 11.8 Å². The fraction of sp³-hybridized carbons (Fsp3) is 1.00. The molecule has 2 heteroatoms. The molecule has 102 valence electrons. The van der Waals surface area contributed by atoms with Crippen LogP contribution in [0.4, 0.5) is 0 Å². The third kappa shape index (κ3) is 4.59. The van der Waals surface area contributed by atoms with E-state index < -0.39 is 0 Å². The van der Waals surface area contributed by atoms with E-state index in [1.54, 1.807) is 0 Å². The van der Waals surface area contributed by atoms with Crippen molar-refractivity contribution in [2.24, 2.45) is 11.8 Å². The molecule has 1 saturated carbocycles. The van der Waals surface area contributed by atoms with Gasteiger partial charge in [-0.15, -0.1) is 0 Å². The van der Waals surface area contributed by atoms with Crippen molar-refractivity contribution in [3.05, 3.63) is 0 Å². The monoisotopic (exact) mass is 240 g/mol. The third-order valence-electron chi connectivity index (χ3n) is 4.30. The van der Waals surface area contributed by atoms with E-state index in [2.05, 4.69) is 45.1 Å². The van der Waals surface area contributed by atoms with Crippen molar-refractivity contribution < 1.29 is 0 Å². The van der Waals surface area contributed by atoms with Crippen LogP contribution in [0.15, 0.2) is 0 Å². The summed E-state index contributed by atoms with van der Waals surface area (Å²) in [6.45, 7) is 9.34. The van der Waals surface area contributed by atoms with Crippen LogP contribution < -0.4 is 5.32 Å². The zero-order valence-corrected chi connectivity index (χ0v) is 12.6. The predicted molar refractivity (Wildman–Crippen MR) is 76.4 cm³/mol. The summed E-state index contributed by atoms with van der Waals surface area (Å²) in [7, 11) is 4.48. The predicted octanol–water partition coefficient (Wildman–Crippen LogP) is 3.13. The highest BCUT2D eigenvalue weighted by molar-refractivity contribution is 4.94. The molecule has 0 aromatic carbocycles. The Kier molecular flexibility index (Phi) is 5.94. The van der Waals surface area contributed by atoms with Crippen molar-refractivity contribution in [1.29, 1.82) is 0 Å². The Bertz CT molecular complexity index is 205. The van der Waals surface area contributed by atoms with E-state index in [0.717, 1.165) is 11.8 Å². The topological polar surface area (TPSA) is 15.3 Å². The normalized spacial score (nSPS) is 21.4. The van der Waals surface area contributed by atoms with Gasteiger partial charge in [-0.05, 0) is 51.7 Å². The Morgan fingerprint density at radius 1 is 1.12 bits per heavy atom. The van der Waals surface area contributed by atoms with Gasteiger partial charge in [-0.2, -0.15) is 0 Å². The van der Waals surface area contributed by atoms with Crippen LogP contribution in [0.5, 0.6) is 0 Å². The SMILES string of the molecule is CC(C)CC(C)CNCC1(N(C)C)CCCC1. The molecule has 1 fully saturated rings. The van der Waals surface area contributed by atoms with Crippen molar-refractivity contribution in [2.45, 2.75) is 58.4 Å². The summed E-state index contributed by atoms with van der Waals surface area (Å²) in [5.74, 6) is 1.62. The van der Waals surface area contributed by atoms with Crippen LogP contribution in [-0.2, 0) is 0 Å². The summed E-state index contributed by atoms with van der Waals surface area (Å²) < 4.78 is 0. The second kappa shape index (κ2) is 6.75. The Balaban J connectivity index is 2.28. The van der Waals surface area contributed by atoms with Crippen LogP contribution in [0.25, 0.3) is 0 Å². The zero-order valence-electron chi connectivity index (χ0n) is 12.6. The number of likely N-dealkylation sites (N-methyl/N-ethyl adjacent to an activating group) is 1. The summed E-state index contributed by atoms with van der Waals surface area (Å²) in [4.78, 5) is 2.44. The molecule has 0 aliphatic heterocycles. The van der Waals surface area contributed by atoms with Gasteiger partial charge in [0.05, 0.1) is 0 Å². The van der Waals surface area contributed by atoms with Gasteiger partial charge in [0.1, 0.15) is 0 Å². The van der Waals surface area contributed by atoms with Gasteiger partial charge in [0, 0.05) is 12.1 Å². The fourth-order valence-corrected chi connectivity index (χ4v) is 3.25. The van der Waals surface area contributed by atoms with Crippen molar-refractivity contribution >= 4 is 0 Å². The van der Waals surface area contributed by atoms with Crippen molar-refractivity contribution in [3.8, 4) is 0 Å². The maximum atomic E-state index is 3.71. The van der Waals surface area contributed by atoms with E-state index >= 15 is 0 Å². The average molecular weight is 240 g/mol. The minimum absolute atomic E-state index is 0.442. The molecule has 1 aliphatic rings. The highest BCUT2D eigenvalue weighted by Crippen LogP contribution is 2.33. The molecule has 1 atom stereocenters. The first-order valence-electron chi connectivity index (χ1n) is 7.34. The Morgan fingerprint density at radius 2 is 1.71 bits per heavy atom. The largest absolute Gasteiger partial charge is 0.315 e. The Labute approximate surface area is 108 Å². The minimum atomic E-state index is 0.442. The Morgan fingerprint density at radius 3 is 2.18 bits per heavy atom. The van der Waals surface area contributed by atoms with Crippen molar-refractivity contribution in [1.82, 2.24) is 10.2 Å². The van der Waals surface area contributed by atoms with Crippen LogP contribution in [0.2, 0.25) is 0 Å². The van der Waals surface area contributed by atoms with Gasteiger partial charge >= 0.3 is 0 Å². The average Bonchev–Trinajstić information content (AvgIpc) is 2.66. The molecule has 2 nitrogen and oxygen atoms in total. The molecule has 0 spiro atoms. The van der Waals surface area contributed by atoms with Crippen LogP contribution in [0.1, 0.15) is 52.9 Å². The van der Waals surface area contributed by atoms with Gasteiger partial charge in [0.25, 0.3) is 0 Å². The molecular weight excluding hydrogens is 208 g/mol. The van der Waals surface area contributed by atoms with Gasteiger partial charge in [0.15, 0.2) is 0 Å². The van der Waals surface area contributed by atoms with Crippen molar-refractivity contribution in [2.75, 3.05) is 27.2 Å². The second-order valence-corrected chi connectivity index (χ2v) is 6.69. The van der Waals surface area contributed by atoms with Gasteiger partial charge in [0.2, 0.25) is 0 Å². The molecule has 1 unspecified atom stereocenters. The summed E-state index contributed by atoms with van der Waals surface area (Å²) in [5.41, 5.74) is 0.442. The standard InChI is InChI=1S/C15H32N2/c1-13(2)10-14(3)11-16-12-15(17(4)5)8-6-7-9-15/h13-14,16H,6-12H2,1-5H3. The third-order valence-corrected chi connectivity index (χ3v) is 4.30. The molecule has 1 N–H and O–H groups in total. The first kappa shape index (κ1) is 15.0. The van der Waals surface area contributed by atoms with E-state index in [1.807, 2.05) is 0 Å². The number of hydrogen-bond acceptors (Lipinski definition) is 2. The van der Waals surface area contributed by atoms with Crippen LogP contribution in [-0.4, -0.2) is 37.6 Å². The van der Waals surface area contributed by atoms with Gasteiger partial charge in [-0.25, -0.2) is 0 Å². The molecule has 0 bridgehead atoms. The van der Waals surface area contributed by atoms with E-state index in [0.29, 0.717) is 5.54 Å². The molecule has 0 aromatic heterocycles. The highest BCUT2D eigenvalue weighted by Gasteiger charge is 2.35. The molecule has 0 amide bonds.